The van der Waals surface area contributed by atoms with Crippen LogP contribution in [-0.2, 0) is 4.74 Å². The van der Waals surface area contributed by atoms with Gasteiger partial charge in [-0.05, 0) is 31.7 Å². The lowest BCUT2D eigenvalue weighted by atomic mass is 9.98. The highest BCUT2D eigenvalue weighted by Gasteiger charge is 2.14. The van der Waals surface area contributed by atoms with Crippen molar-refractivity contribution in [1.82, 2.24) is 5.32 Å². The van der Waals surface area contributed by atoms with E-state index in [1.165, 1.54) is 25.7 Å². The Labute approximate surface area is 109 Å². The van der Waals surface area contributed by atoms with E-state index in [1.807, 2.05) is 0 Å². The summed E-state index contributed by atoms with van der Waals surface area (Å²) in [7, 11) is 0. The molecule has 0 aromatic heterocycles. The van der Waals surface area contributed by atoms with E-state index in [2.05, 4.69) is 39.9 Å². The number of hydrogen-bond donors (Lipinski definition) is 1. The zero-order valence-electron chi connectivity index (χ0n) is 12.6. The van der Waals surface area contributed by atoms with E-state index < -0.39 is 0 Å². The minimum Gasteiger partial charge on any atom is -0.380 e. The maximum atomic E-state index is 5.54. The van der Waals surface area contributed by atoms with Crippen LogP contribution in [0.1, 0.15) is 60.3 Å². The predicted molar refractivity (Wildman–Crippen MR) is 76.4 cm³/mol. The summed E-state index contributed by atoms with van der Waals surface area (Å²) >= 11 is 0. The fourth-order valence-corrected chi connectivity index (χ4v) is 1.99. The van der Waals surface area contributed by atoms with Crippen LogP contribution in [0.25, 0.3) is 0 Å². The highest BCUT2D eigenvalue weighted by atomic mass is 16.5. The highest BCUT2D eigenvalue weighted by Crippen LogP contribution is 2.12. The molecule has 0 aliphatic carbocycles. The van der Waals surface area contributed by atoms with Crippen molar-refractivity contribution in [2.24, 2.45) is 11.8 Å². The van der Waals surface area contributed by atoms with Gasteiger partial charge < -0.3 is 10.1 Å². The maximum Gasteiger partial charge on any atom is 0.0621 e. The fraction of sp³-hybridized carbons (Fsp3) is 1.00. The first kappa shape index (κ1) is 16.9. The third-order valence-corrected chi connectivity index (χ3v) is 3.52. The molecule has 0 aromatic carbocycles. The minimum atomic E-state index is 0.505. The van der Waals surface area contributed by atoms with Gasteiger partial charge in [0.15, 0.2) is 0 Å². The van der Waals surface area contributed by atoms with Gasteiger partial charge in [-0.2, -0.15) is 0 Å². The van der Waals surface area contributed by atoms with Gasteiger partial charge in [-0.15, -0.1) is 0 Å². The van der Waals surface area contributed by atoms with E-state index in [9.17, 15) is 0 Å². The molecule has 2 unspecified atom stereocenters. The van der Waals surface area contributed by atoms with E-state index in [-0.39, 0.29) is 0 Å². The smallest absolute Gasteiger partial charge is 0.0621 e. The van der Waals surface area contributed by atoms with Crippen LogP contribution >= 0.6 is 0 Å². The average molecular weight is 243 g/mol. The molecule has 0 spiro atoms. The zero-order valence-corrected chi connectivity index (χ0v) is 12.6. The summed E-state index contributed by atoms with van der Waals surface area (Å²) in [5.74, 6) is 1.48. The molecule has 0 saturated heterocycles. The Morgan fingerprint density at radius 1 is 1.12 bits per heavy atom. The molecule has 0 heterocycles. The SMILES string of the molecule is CCCCC(CC)CNC(COCC)C(C)C. The lowest BCUT2D eigenvalue weighted by molar-refractivity contribution is 0.106. The zero-order chi connectivity index (χ0) is 13.1. The van der Waals surface area contributed by atoms with Gasteiger partial charge >= 0.3 is 0 Å². The van der Waals surface area contributed by atoms with E-state index in [0.717, 1.165) is 25.7 Å². The van der Waals surface area contributed by atoms with Crippen molar-refractivity contribution in [3.05, 3.63) is 0 Å². The number of ether oxygens (including phenoxy) is 1. The van der Waals surface area contributed by atoms with Crippen LogP contribution in [0.2, 0.25) is 0 Å². The summed E-state index contributed by atoms with van der Waals surface area (Å²) in [4.78, 5) is 0. The van der Waals surface area contributed by atoms with Crippen LogP contribution in [-0.4, -0.2) is 25.8 Å². The normalized spacial score (nSPS) is 15.2. The second-order valence-electron chi connectivity index (χ2n) is 5.33. The first-order chi connectivity index (χ1) is 8.15. The molecule has 0 radical (unpaired) electrons. The molecule has 2 heteroatoms. The monoisotopic (exact) mass is 243 g/mol. The number of rotatable bonds is 11. The molecule has 0 fully saturated rings. The Kier molecular flexibility index (Phi) is 11.0. The molecule has 0 aromatic rings. The number of hydrogen-bond acceptors (Lipinski definition) is 2. The van der Waals surface area contributed by atoms with Crippen molar-refractivity contribution in [3.63, 3.8) is 0 Å². The molecular weight excluding hydrogens is 210 g/mol. The Morgan fingerprint density at radius 2 is 1.82 bits per heavy atom. The van der Waals surface area contributed by atoms with Crippen molar-refractivity contribution in [3.8, 4) is 0 Å². The average Bonchev–Trinajstić information content (AvgIpc) is 2.32. The van der Waals surface area contributed by atoms with Gasteiger partial charge in [-0.1, -0.05) is 47.0 Å². The first-order valence-corrected chi connectivity index (χ1v) is 7.46. The molecule has 0 rings (SSSR count). The minimum absolute atomic E-state index is 0.505. The molecule has 0 amide bonds. The van der Waals surface area contributed by atoms with Crippen LogP contribution in [0.5, 0.6) is 0 Å². The van der Waals surface area contributed by atoms with Crippen molar-refractivity contribution >= 4 is 0 Å². The molecule has 0 aliphatic heterocycles. The number of nitrogens with one attached hydrogen (secondary N) is 1. The van der Waals surface area contributed by atoms with E-state index in [4.69, 9.17) is 4.74 Å². The number of unbranched alkanes of at least 4 members (excludes halogenated alkanes) is 1. The van der Waals surface area contributed by atoms with Crippen LogP contribution in [0.3, 0.4) is 0 Å². The standard InChI is InChI=1S/C15H33NO/c1-6-9-10-14(7-2)11-16-15(13(4)5)12-17-8-3/h13-16H,6-12H2,1-5H3. The molecule has 0 saturated carbocycles. The Bertz CT molecular complexity index is 159. The fourth-order valence-electron chi connectivity index (χ4n) is 1.99. The summed E-state index contributed by atoms with van der Waals surface area (Å²) < 4.78 is 5.54. The molecule has 17 heavy (non-hydrogen) atoms. The third-order valence-electron chi connectivity index (χ3n) is 3.52. The van der Waals surface area contributed by atoms with Crippen molar-refractivity contribution in [1.29, 1.82) is 0 Å². The molecule has 2 atom stereocenters. The summed E-state index contributed by atoms with van der Waals surface area (Å²) in [6, 6.07) is 0.505. The third kappa shape index (κ3) is 8.62. The maximum absolute atomic E-state index is 5.54. The Balaban J connectivity index is 3.90. The lowest BCUT2D eigenvalue weighted by Crippen LogP contribution is -2.40. The largest absolute Gasteiger partial charge is 0.380 e. The van der Waals surface area contributed by atoms with Gasteiger partial charge in [0.1, 0.15) is 0 Å². The van der Waals surface area contributed by atoms with Crippen LogP contribution in [0.4, 0.5) is 0 Å². The topological polar surface area (TPSA) is 21.3 Å². The summed E-state index contributed by atoms with van der Waals surface area (Å²) in [5, 5.41) is 3.69. The van der Waals surface area contributed by atoms with E-state index in [1.54, 1.807) is 0 Å². The van der Waals surface area contributed by atoms with E-state index >= 15 is 0 Å². The van der Waals surface area contributed by atoms with Gasteiger partial charge in [0.05, 0.1) is 6.61 Å². The summed E-state index contributed by atoms with van der Waals surface area (Å²) in [6.07, 6.45) is 5.31. The highest BCUT2D eigenvalue weighted by molar-refractivity contribution is 4.72. The van der Waals surface area contributed by atoms with Crippen molar-refractivity contribution in [2.75, 3.05) is 19.8 Å². The summed E-state index contributed by atoms with van der Waals surface area (Å²) in [5.41, 5.74) is 0. The van der Waals surface area contributed by atoms with Gasteiger partial charge in [-0.3, -0.25) is 0 Å². The molecule has 1 N–H and O–H groups in total. The Morgan fingerprint density at radius 3 is 2.29 bits per heavy atom. The van der Waals surface area contributed by atoms with Gasteiger partial charge in [-0.25, -0.2) is 0 Å². The van der Waals surface area contributed by atoms with Gasteiger partial charge in [0.25, 0.3) is 0 Å². The van der Waals surface area contributed by atoms with Gasteiger partial charge in [0, 0.05) is 12.6 Å². The van der Waals surface area contributed by atoms with Crippen molar-refractivity contribution in [2.45, 2.75) is 66.3 Å². The molecular formula is C15H33NO. The van der Waals surface area contributed by atoms with Crippen LogP contribution in [0, 0.1) is 11.8 Å². The lowest BCUT2D eigenvalue weighted by Gasteiger charge is -2.25. The Hall–Kier alpha value is -0.0800. The molecule has 104 valence electrons. The molecule has 0 aliphatic rings. The molecule has 2 nitrogen and oxygen atoms in total. The molecule has 0 bridgehead atoms. The van der Waals surface area contributed by atoms with Crippen LogP contribution < -0.4 is 5.32 Å². The predicted octanol–water partition coefficient (Wildman–Crippen LogP) is 3.85. The second kappa shape index (κ2) is 11.0. The van der Waals surface area contributed by atoms with Crippen LogP contribution in [0.15, 0.2) is 0 Å². The van der Waals surface area contributed by atoms with Crippen molar-refractivity contribution < 1.29 is 4.74 Å². The summed E-state index contributed by atoms with van der Waals surface area (Å²) in [6.45, 7) is 14.0. The second-order valence-corrected chi connectivity index (χ2v) is 5.33. The first-order valence-electron chi connectivity index (χ1n) is 7.46. The van der Waals surface area contributed by atoms with Gasteiger partial charge in [0.2, 0.25) is 0 Å². The van der Waals surface area contributed by atoms with E-state index in [0.29, 0.717) is 12.0 Å². The quantitative estimate of drug-likeness (QED) is 0.595.